The highest BCUT2D eigenvalue weighted by atomic mass is 32.2. The monoisotopic (exact) mass is 314 g/mol. The molecule has 0 saturated carbocycles. The van der Waals surface area contributed by atoms with Gasteiger partial charge in [0.1, 0.15) is 5.82 Å². The average molecular weight is 314 g/mol. The molecule has 2 aromatic carbocycles. The maximum Gasteiger partial charge on any atom is 0.296 e. The first kappa shape index (κ1) is 14.9. The van der Waals surface area contributed by atoms with Crippen LogP contribution in [-0.4, -0.2) is 13.3 Å². The Balaban J connectivity index is 2.46. The number of hydrogen-bond donors (Lipinski definition) is 1. The topological polar surface area (TPSA) is 89.3 Å². The maximum absolute atomic E-state index is 13.6. The molecular formula is C12H8F2N2O4S. The lowest BCUT2D eigenvalue weighted by Gasteiger charge is -2.09. The van der Waals surface area contributed by atoms with Crippen molar-refractivity contribution in [3.05, 3.63) is 64.2 Å². The molecule has 6 nitrogen and oxygen atoms in total. The minimum absolute atomic E-state index is 0.346. The number of anilines is 1. The van der Waals surface area contributed by atoms with E-state index < -0.39 is 38.0 Å². The fourth-order valence-electron chi connectivity index (χ4n) is 1.57. The SMILES string of the molecule is O=[N+]([O-])c1cccc(F)c1NS(=O)(=O)c1ccc(F)cc1. The molecular weight excluding hydrogens is 306 g/mol. The van der Waals surface area contributed by atoms with Crippen molar-refractivity contribution in [1.29, 1.82) is 0 Å². The fraction of sp³-hybridized carbons (Fsp3) is 0. The standard InChI is InChI=1S/C12H8F2N2O4S/c13-8-4-6-9(7-5-8)21(19,20)15-12-10(14)2-1-3-11(12)16(17)18/h1-7,15H. The van der Waals surface area contributed by atoms with Gasteiger partial charge in [-0.25, -0.2) is 17.2 Å². The summed E-state index contributed by atoms with van der Waals surface area (Å²) >= 11 is 0. The van der Waals surface area contributed by atoms with Crippen LogP contribution in [0.1, 0.15) is 0 Å². The van der Waals surface area contributed by atoms with Crippen LogP contribution < -0.4 is 4.72 Å². The number of nitrogens with one attached hydrogen (secondary N) is 1. The van der Waals surface area contributed by atoms with Gasteiger partial charge >= 0.3 is 0 Å². The van der Waals surface area contributed by atoms with Crippen LogP contribution in [0.25, 0.3) is 0 Å². The van der Waals surface area contributed by atoms with Crippen molar-refractivity contribution < 1.29 is 22.1 Å². The first-order chi connectivity index (χ1) is 9.81. The van der Waals surface area contributed by atoms with E-state index in [1.807, 2.05) is 0 Å². The molecule has 0 unspecified atom stereocenters. The van der Waals surface area contributed by atoms with Crippen molar-refractivity contribution in [2.75, 3.05) is 4.72 Å². The van der Waals surface area contributed by atoms with Crippen molar-refractivity contribution in [2.45, 2.75) is 4.90 Å². The molecule has 0 aliphatic carbocycles. The number of benzene rings is 2. The summed E-state index contributed by atoms with van der Waals surface area (Å²) in [6.07, 6.45) is 0. The van der Waals surface area contributed by atoms with Crippen LogP contribution in [0.2, 0.25) is 0 Å². The van der Waals surface area contributed by atoms with Gasteiger partial charge in [-0.1, -0.05) is 6.07 Å². The maximum atomic E-state index is 13.6. The molecule has 21 heavy (non-hydrogen) atoms. The highest BCUT2D eigenvalue weighted by Gasteiger charge is 2.24. The zero-order valence-corrected chi connectivity index (χ0v) is 11.1. The van der Waals surface area contributed by atoms with Gasteiger partial charge in [-0.05, 0) is 30.3 Å². The van der Waals surface area contributed by atoms with Crippen LogP contribution in [0.5, 0.6) is 0 Å². The summed E-state index contributed by atoms with van der Waals surface area (Å²) in [5.41, 5.74) is -1.49. The number of sulfonamides is 1. The Morgan fingerprint density at radius 2 is 1.67 bits per heavy atom. The molecule has 0 aromatic heterocycles. The quantitative estimate of drug-likeness (QED) is 0.694. The Labute approximate surface area is 118 Å². The second-order valence-corrected chi connectivity index (χ2v) is 5.63. The van der Waals surface area contributed by atoms with Crippen molar-refractivity contribution in [3.8, 4) is 0 Å². The Hall–Kier alpha value is -2.55. The molecule has 2 aromatic rings. The van der Waals surface area contributed by atoms with Gasteiger partial charge in [0.05, 0.1) is 9.82 Å². The van der Waals surface area contributed by atoms with Gasteiger partial charge in [0.2, 0.25) is 0 Å². The minimum atomic E-state index is -4.27. The minimum Gasteiger partial charge on any atom is -0.271 e. The van der Waals surface area contributed by atoms with E-state index in [2.05, 4.69) is 0 Å². The van der Waals surface area contributed by atoms with Crippen LogP contribution in [0.3, 0.4) is 0 Å². The molecule has 0 bridgehead atoms. The molecule has 0 amide bonds. The smallest absolute Gasteiger partial charge is 0.271 e. The number of nitro groups is 1. The van der Waals surface area contributed by atoms with Gasteiger partial charge in [0.25, 0.3) is 15.7 Å². The third kappa shape index (κ3) is 3.14. The number of hydrogen-bond acceptors (Lipinski definition) is 4. The van der Waals surface area contributed by atoms with Gasteiger partial charge in [-0.3, -0.25) is 14.8 Å². The molecule has 0 aliphatic rings. The van der Waals surface area contributed by atoms with Gasteiger partial charge < -0.3 is 0 Å². The fourth-order valence-corrected chi connectivity index (χ4v) is 2.66. The van der Waals surface area contributed by atoms with E-state index in [1.165, 1.54) is 0 Å². The zero-order chi connectivity index (χ0) is 15.6. The van der Waals surface area contributed by atoms with E-state index in [0.29, 0.717) is 0 Å². The van der Waals surface area contributed by atoms with E-state index in [9.17, 15) is 27.3 Å². The molecule has 0 spiro atoms. The molecule has 1 N–H and O–H groups in total. The van der Waals surface area contributed by atoms with Crippen LogP contribution in [0.4, 0.5) is 20.2 Å². The Kier molecular flexibility index (Phi) is 3.85. The van der Waals surface area contributed by atoms with Crippen LogP contribution >= 0.6 is 0 Å². The molecule has 0 radical (unpaired) electrons. The second kappa shape index (κ2) is 5.44. The Bertz CT molecular complexity index is 791. The summed E-state index contributed by atoms with van der Waals surface area (Å²) < 4.78 is 52.2. The molecule has 2 rings (SSSR count). The number of nitrogens with zero attached hydrogens (tertiary/aromatic N) is 1. The second-order valence-electron chi connectivity index (χ2n) is 3.95. The van der Waals surface area contributed by atoms with Gasteiger partial charge in [0.15, 0.2) is 11.5 Å². The summed E-state index contributed by atoms with van der Waals surface area (Å²) in [5.74, 6) is -1.74. The van der Waals surface area contributed by atoms with E-state index >= 15 is 0 Å². The summed E-state index contributed by atoms with van der Waals surface area (Å²) in [6.45, 7) is 0. The van der Waals surface area contributed by atoms with Crippen LogP contribution in [-0.2, 0) is 10.0 Å². The van der Waals surface area contributed by atoms with Crippen LogP contribution in [0, 0.1) is 21.7 Å². The molecule has 0 atom stereocenters. The summed E-state index contributed by atoms with van der Waals surface area (Å²) in [4.78, 5) is 9.54. The highest BCUT2D eigenvalue weighted by molar-refractivity contribution is 7.92. The van der Waals surface area contributed by atoms with Gasteiger partial charge in [-0.2, -0.15) is 0 Å². The zero-order valence-electron chi connectivity index (χ0n) is 10.3. The van der Waals surface area contributed by atoms with Crippen molar-refractivity contribution in [2.24, 2.45) is 0 Å². The normalized spacial score (nSPS) is 11.1. The lowest BCUT2D eigenvalue weighted by molar-refractivity contribution is -0.384. The van der Waals surface area contributed by atoms with Crippen molar-refractivity contribution >= 4 is 21.4 Å². The summed E-state index contributed by atoms with van der Waals surface area (Å²) in [6, 6.07) is 6.67. The predicted molar refractivity (Wildman–Crippen MR) is 70.3 cm³/mol. The third-order valence-corrected chi connectivity index (χ3v) is 3.91. The van der Waals surface area contributed by atoms with E-state index in [1.54, 1.807) is 4.72 Å². The highest BCUT2D eigenvalue weighted by Crippen LogP contribution is 2.29. The number of rotatable bonds is 4. The first-order valence-electron chi connectivity index (χ1n) is 5.52. The van der Waals surface area contributed by atoms with E-state index in [-0.39, 0.29) is 4.90 Å². The van der Waals surface area contributed by atoms with Crippen molar-refractivity contribution in [1.82, 2.24) is 0 Å². The summed E-state index contributed by atoms with van der Waals surface area (Å²) in [5, 5.41) is 10.8. The van der Waals surface area contributed by atoms with E-state index in [0.717, 1.165) is 42.5 Å². The average Bonchev–Trinajstić information content (AvgIpc) is 2.41. The molecule has 110 valence electrons. The number of nitro benzene ring substituents is 1. The molecule has 9 heteroatoms. The third-order valence-electron chi connectivity index (χ3n) is 2.55. The molecule has 0 saturated heterocycles. The Morgan fingerprint density at radius 1 is 1.05 bits per heavy atom. The first-order valence-corrected chi connectivity index (χ1v) is 7.01. The van der Waals surface area contributed by atoms with Gasteiger partial charge in [0, 0.05) is 6.07 Å². The molecule has 0 heterocycles. The predicted octanol–water partition coefficient (Wildman–Crippen LogP) is 2.67. The van der Waals surface area contributed by atoms with E-state index in [4.69, 9.17) is 0 Å². The largest absolute Gasteiger partial charge is 0.296 e. The van der Waals surface area contributed by atoms with Crippen molar-refractivity contribution in [3.63, 3.8) is 0 Å². The molecule has 0 aliphatic heterocycles. The summed E-state index contributed by atoms with van der Waals surface area (Å²) in [7, 11) is -4.27. The number of para-hydroxylation sites is 1. The molecule has 0 fully saturated rings. The Morgan fingerprint density at radius 3 is 2.24 bits per heavy atom. The number of halogens is 2. The van der Waals surface area contributed by atoms with Gasteiger partial charge in [-0.15, -0.1) is 0 Å². The lowest BCUT2D eigenvalue weighted by atomic mass is 10.2. The van der Waals surface area contributed by atoms with Crippen LogP contribution in [0.15, 0.2) is 47.4 Å². The lowest BCUT2D eigenvalue weighted by Crippen LogP contribution is -2.15.